The Morgan fingerprint density at radius 2 is 2.33 bits per heavy atom. The van der Waals surface area contributed by atoms with Gasteiger partial charge in [-0.05, 0) is 6.42 Å². The Bertz CT molecular complexity index is 88.6. The average Bonchev–Trinajstić information content (AvgIpc) is 1.89. The molecule has 0 unspecified atom stereocenters. The summed E-state index contributed by atoms with van der Waals surface area (Å²) in [6, 6.07) is -0.597. The van der Waals surface area contributed by atoms with E-state index in [1.807, 2.05) is 0 Å². The Morgan fingerprint density at radius 1 is 1.67 bits per heavy atom. The molecular formula is C4H9ClN2O2. The highest BCUT2D eigenvalue weighted by Gasteiger charge is 1.92. The zero-order chi connectivity index (χ0) is 7.11. The Hall–Kier alpha value is -0.480. The number of amides is 2. The van der Waals surface area contributed by atoms with Gasteiger partial charge in [0.15, 0.2) is 0 Å². The van der Waals surface area contributed by atoms with Gasteiger partial charge in [0.25, 0.3) is 0 Å². The maximum absolute atomic E-state index is 10.2. The molecule has 0 aliphatic carbocycles. The summed E-state index contributed by atoms with van der Waals surface area (Å²) in [5, 5.41) is 10.3. The SMILES string of the molecule is O=C(NO)NCCCCl. The van der Waals surface area contributed by atoms with Crippen molar-refractivity contribution in [1.82, 2.24) is 10.8 Å². The van der Waals surface area contributed by atoms with Gasteiger partial charge >= 0.3 is 6.03 Å². The molecule has 0 aromatic heterocycles. The number of alkyl halides is 1. The van der Waals surface area contributed by atoms with Crippen molar-refractivity contribution in [1.29, 1.82) is 0 Å². The normalized spacial score (nSPS) is 8.67. The fourth-order valence-electron chi connectivity index (χ4n) is 0.308. The second-order valence-electron chi connectivity index (χ2n) is 1.41. The number of carbonyl (C=O) groups excluding carboxylic acids is 1. The molecule has 4 nitrogen and oxygen atoms in total. The predicted octanol–water partition coefficient (Wildman–Crippen LogP) is 0.304. The number of nitrogens with one attached hydrogen (secondary N) is 2. The molecule has 0 bridgehead atoms. The van der Waals surface area contributed by atoms with E-state index in [0.717, 1.165) is 0 Å². The van der Waals surface area contributed by atoms with Gasteiger partial charge in [-0.15, -0.1) is 11.6 Å². The summed E-state index contributed by atoms with van der Waals surface area (Å²) in [6.07, 6.45) is 0.703. The maximum Gasteiger partial charge on any atom is 0.338 e. The fraction of sp³-hybridized carbons (Fsp3) is 0.750. The van der Waals surface area contributed by atoms with E-state index in [2.05, 4.69) is 5.32 Å². The van der Waals surface area contributed by atoms with E-state index >= 15 is 0 Å². The van der Waals surface area contributed by atoms with Crippen LogP contribution in [0.2, 0.25) is 0 Å². The minimum atomic E-state index is -0.597. The van der Waals surface area contributed by atoms with Gasteiger partial charge in [-0.3, -0.25) is 5.21 Å². The van der Waals surface area contributed by atoms with Crippen molar-refractivity contribution in [3.8, 4) is 0 Å². The topological polar surface area (TPSA) is 61.4 Å². The van der Waals surface area contributed by atoms with Crippen molar-refractivity contribution < 1.29 is 10.0 Å². The van der Waals surface area contributed by atoms with Gasteiger partial charge in [-0.25, -0.2) is 10.3 Å². The standard InChI is InChI=1S/C4H9ClN2O2/c5-2-1-3-6-4(8)7-9/h9H,1-3H2,(H2,6,7,8). The van der Waals surface area contributed by atoms with Crippen LogP contribution >= 0.6 is 11.6 Å². The molecule has 0 aromatic carbocycles. The Morgan fingerprint density at radius 3 is 2.78 bits per heavy atom. The van der Waals surface area contributed by atoms with Crippen LogP contribution in [0.4, 0.5) is 4.79 Å². The van der Waals surface area contributed by atoms with Crippen LogP contribution in [0.1, 0.15) is 6.42 Å². The monoisotopic (exact) mass is 152 g/mol. The van der Waals surface area contributed by atoms with Crippen molar-refractivity contribution >= 4 is 17.6 Å². The van der Waals surface area contributed by atoms with Crippen LogP contribution in [-0.2, 0) is 0 Å². The first-order valence-electron chi connectivity index (χ1n) is 2.55. The smallest absolute Gasteiger partial charge is 0.336 e. The first-order chi connectivity index (χ1) is 4.31. The highest BCUT2D eigenvalue weighted by Crippen LogP contribution is 1.79. The van der Waals surface area contributed by atoms with Gasteiger partial charge < -0.3 is 5.32 Å². The number of hydroxylamine groups is 1. The molecule has 54 valence electrons. The van der Waals surface area contributed by atoms with E-state index < -0.39 is 6.03 Å². The molecule has 2 amide bonds. The molecule has 0 aromatic rings. The summed E-state index contributed by atoms with van der Waals surface area (Å²) in [4.78, 5) is 10.2. The van der Waals surface area contributed by atoms with E-state index in [9.17, 15) is 4.79 Å². The van der Waals surface area contributed by atoms with Crippen LogP contribution < -0.4 is 10.8 Å². The van der Waals surface area contributed by atoms with Crippen LogP contribution in [0.3, 0.4) is 0 Å². The molecule has 0 aliphatic heterocycles. The molecule has 0 radical (unpaired) electrons. The Labute approximate surface area is 58.1 Å². The number of halogens is 1. The molecule has 0 heterocycles. The van der Waals surface area contributed by atoms with Gasteiger partial charge in [0.05, 0.1) is 0 Å². The van der Waals surface area contributed by atoms with Crippen LogP contribution in [0.25, 0.3) is 0 Å². The highest BCUT2D eigenvalue weighted by molar-refractivity contribution is 6.17. The lowest BCUT2D eigenvalue weighted by Gasteiger charge is -1.99. The van der Waals surface area contributed by atoms with Gasteiger partial charge in [-0.1, -0.05) is 0 Å². The Balaban J connectivity index is 2.97. The zero-order valence-corrected chi connectivity index (χ0v) is 5.61. The van der Waals surface area contributed by atoms with Crippen molar-refractivity contribution in [3.05, 3.63) is 0 Å². The first-order valence-corrected chi connectivity index (χ1v) is 3.08. The van der Waals surface area contributed by atoms with Crippen LogP contribution in [0.5, 0.6) is 0 Å². The van der Waals surface area contributed by atoms with Gasteiger partial charge in [0.2, 0.25) is 0 Å². The van der Waals surface area contributed by atoms with Crippen molar-refractivity contribution in [2.45, 2.75) is 6.42 Å². The molecule has 0 aliphatic rings. The van der Waals surface area contributed by atoms with Crippen LogP contribution in [0.15, 0.2) is 0 Å². The van der Waals surface area contributed by atoms with E-state index in [4.69, 9.17) is 16.8 Å². The predicted molar refractivity (Wildman–Crippen MR) is 33.7 cm³/mol. The van der Waals surface area contributed by atoms with Gasteiger partial charge in [0, 0.05) is 12.4 Å². The third-order valence-electron chi connectivity index (χ3n) is 0.698. The van der Waals surface area contributed by atoms with Crippen molar-refractivity contribution in [2.24, 2.45) is 0 Å². The summed E-state index contributed by atoms with van der Waals surface area (Å²) in [5.41, 5.74) is 1.43. The number of rotatable bonds is 3. The number of hydrogen-bond donors (Lipinski definition) is 3. The van der Waals surface area contributed by atoms with E-state index in [1.54, 1.807) is 0 Å². The van der Waals surface area contributed by atoms with E-state index in [-0.39, 0.29) is 0 Å². The van der Waals surface area contributed by atoms with Crippen molar-refractivity contribution in [3.63, 3.8) is 0 Å². The quantitative estimate of drug-likeness (QED) is 0.236. The lowest BCUT2D eigenvalue weighted by Crippen LogP contribution is -2.33. The number of urea groups is 1. The largest absolute Gasteiger partial charge is 0.338 e. The lowest BCUT2D eigenvalue weighted by molar-refractivity contribution is 0.162. The maximum atomic E-state index is 10.2. The molecule has 0 fully saturated rings. The zero-order valence-electron chi connectivity index (χ0n) is 4.85. The van der Waals surface area contributed by atoms with Gasteiger partial charge in [0.1, 0.15) is 0 Å². The van der Waals surface area contributed by atoms with Crippen molar-refractivity contribution in [2.75, 3.05) is 12.4 Å². The average molecular weight is 153 g/mol. The minimum absolute atomic E-state index is 0.482. The highest BCUT2D eigenvalue weighted by atomic mass is 35.5. The molecular weight excluding hydrogens is 144 g/mol. The fourth-order valence-corrected chi connectivity index (χ4v) is 0.442. The second-order valence-corrected chi connectivity index (χ2v) is 1.79. The first kappa shape index (κ1) is 8.52. The molecule has 0 atom stereocenters. The summed E-state index contributed by atoms with van der Waals surface area (Å²) in [7, 11) is 0. The number of carbonyl (C=O) groups is 1. The Kier molecular flexibility index (Phi) is 5.35. The van der Waals surface area contributed by atoms with Crippen LogP contribution in [0, 0.1) is 0 Å². The van der Waals surface area contributed by atoms with E-state index in [0.29, 0.717) is 18.8 Å². The number of hydrogen-bond acceptors (Lipinski definition) is 2. The molecule has 9 heavy (non-hydrogen) atoms. The molecule has 0 rings (SSSR count). The summed E-state index contributed by atoms with van der Waals surface area (Å²) in [5.74, 6) is 0.506. The molecule has 3 N–H and O–H groups in total. The molecule has 0 saturated heterocycles. The molecule has 0 spiro atoms. The summed E-state index contributed by atoms with van der Waals surface area (Å²) < 4.78 is 0. The van der Waals surface area contributed by atoms with E-state index in [1.165, 1.54) is 5.48 Å². The second kappa shape index (κ2) is 5.65. The third-order valence-corrected chi connectivity index (χ3v) is 0.965. The molecule has 5 heteroatoms. The van der Waals surface area contributed by atoms with Crippen LogP contribution in [-0.4, -0.2) is 23.7 Å². The lowest BCUT2D eigenvalue weighted by atomic mass is 10.5. The molecule has 0 saturated carbocycles. The minimum Gasteiger partial charge on any atom is -0.336 e. The summed E-state index contributed by atoms with van der Waals surface area (Å²) >= 11 is 5.29. The third kappa shape index (κ3) is 5.39. The summed E-state index contributed by atoms with van der Waals surface area (Å²) in [6.45, 7) is 0.482. The van der Waals surface area contributed by atoms with Gasteiger partial charge in [-0.2, -0.15) is 0 Å².